The quantitative estimate of drug-likeness (QED) is 0.366. The fourth-order valence-electron chi connectivity index (χ4n) is 1.86. The number of ether oxygens (including phenoxy) is 1. The van der Waals surface area contributed by atoms with Crippen molar-refractivity contribution < 1.29 is 9.53 Å². The zero-order chi connectivity index (χ0) is 13.2. The molecular formula is C16H22O2. The molecule has 0 aliphatic carbocycles. The summed E-state index contributed by atoms with van der Waals surface area (Å²) in [5, 5.41) is 0. The first-order valence-electron chi connectivity index (χ1n) is 6.65. The third kappa shape index (κ3) is 4.74. The van der Waals surface area contributed by atoms with E-state index in [1.54, 1.807) is 0 Å². The molecule has 1 rings (SSSR count). The van der Waals surface area contributed by atoms with Crippen molar-refractivity contribution in [2.75, 3.05) is 6.61 Å². The maximum Gasteiger partial charge on any atom is 0.166 e. The van der Waals surface area contributed by atoms with Gasteiger partial charge in [-0.05, 0) is 38.3 Å². The van der Waals surface area contributed by atoms with Crippen LogP contribution in [-0.2, 0) is 0 Å². The van der Waals surface area contributed by atoms with Crippen molar-refractivity contribution in [3.05, 3.63) is 42.5 Å². The summed E-state index contributed by atoms with van der Waals surface area (Å²) in [6, 6.07) is 7.48. The van der Waals surface area contributed by atoms with Gasteiger partial charge in [0, 0.05) is 6.42 Å². The second-order valence-electron chi connectivity index (χ2n) is 4.24. The maximum absolute atomic E-state index is 12.1. The van der Waals surface area contributed by atoms with Gasteiger partial charge in [0.25, 0.3) is 0 Å². The molecule has 0 N–H and O–H groups in total. The SMILES string of the molecule is C=CCCCCCC(=O)c1ccccc1OCC. The summed E-state index contributed by atoms with van der Waals surface area (Å²) in [4.78, 5) is 12.1. The fourth-order valence-corrected chi connectivity index (χ4v) is 1.86. The second-order valence-corrected chi connectivity index (χ2v) is 4.24. The fraction of sp³-hybridized carbons (Fsp3) is 0.438. The van der Waals surface area contributed by atoms with Crippen LogP contribution in [0, 0.1) is 0 Å². The van der Waals surface area contributed by atoms with Gasteiger partial charge in [-0.25, -0.2) is 0 Å². The lowest BCUT2D eigenvalue weighted by Gasteiger charge is -2.08. The van der Waals surface area contributed by atoms with Gasteiger partial charge >= 0.3 is 0 Å². The highest BCUT2D eigenvalue weighted by atomic mass is 16.5. The molecule has 0 bridgehead atoms. The van der Waals surface area contributed by atoms with Crippen LogP contribution < -0.4 is 4.74 Å². The number of rotatable bonds is 9. The Labute approximate surface area is 110 Å². The number of carbonyl (C=O) groups is 1. The van der Waals surface area contributed by atoms with E-state index >= 15 is 0 Å². The minimum atomic E-state index is 0.178. The standard InChI is InChI=1S/C16H22O2/c1-3-5-6-7-8-12-15(17)14-11-9-10-13-16(14)18-4-2/h3,9-11,13H,1,4-8,12H2,2H3. The Morgan fingerprint density at radius 2 is 2.06 bits per heavy atom. The van der Waals surface area contributed by atoms with Gasteiger partial charge in [0.2, 0.25) is 0 Å². The molecule has 0 amide bonds. The molecule has 1 aromatic rings. The van der Waals surface area contributed by atoms with Crippen molar-refractivity contribution in [1.82, 2.24) is 0 Å². The van der Waals surface area contributed by atoms with Crippen LogP contribution in [0.25, 0.3) is 0 Å². The zero-order valence-corrected chi connectivity index (χ0v) is 11.2. The molecule has 0 atom stereocenters. The highest BCUT2D eigenvalue weighted by molar-refractivity contribution is 5.98. The van der Waals surface area contributed by atoms with E-state index < -0.39 is 0 Å². The van der Waals surface area contributed by atoms with E-state index in [1.807, 2.05) is 37.3 Å². The second kappa shape index (κ2) is 8.51. The van der Waals surface area contributed by atoms with E-state index in [2.05, 4.69) is 6.58 Å². The third-order valence-electron chi connectivity index (χ3n) is 2.80. The number of benzene rings is 1. The van der Waals surface area contributed by atoms with Gasteiger partial charge in [0.1, 0.15) is 5.75 Å². The summed E-state index contributed by atoms with van der Waals surface area (Å²) in [6.07, 6.45) is 6.68. The molecule has 0 aliphatic heterocycles. The van der Waals surface area contributed by atoms with Crippen LogP contribution in [0.2, 0.25) is 0 Å². The van der Waals surface area contributed by atoms with Gasteiger partial charge in [-0.3, -0.25) is 4.79 Å². The Balaban J connectivity index is 2.47. The highest BCUT2D eigenvalue weighted by Gasteiger charge is 2.10. The van der Waals surface area contributed by atoms with Gasteiger partial charge in [-0.2, -0.15) is 0 Å². The van der Waals surface area contributed by atoms with Crippen LogP contribution in [0.5, 0.6) is 5.75 Å². The predicted molar refractivity (Wildman–Crippen MR) is 75.2 cm³/mol. The number of para-hydroxylation sites is 1. The molecule has 1 aromatic carbocycles. The van der Waals surface area contributed by atoms with Gasteiger partial charge in [-0.15, -0.1) is 6.58 Å². The lowest BCUT2D eigenvalue weighted by molar-refractivity contribution is 0.0975. The first-order valence-corrected chi connectivity index (χ1v) is 6.65. The van der Waals surface area contributed by atoms with Crippen LogP contribution in [0.15, 0.2) is 36.9 Å². The Morgan fingerprint density at radius 1 is 1.28 bits per heavy atom. The first-order chi connectivity index (χ1) is 8.79. The molecule has 2 heteroatoms. The summed E-state index contributed by atoms with van der Waals surface area (Å²) in [5.74, 6) is 0.883. The molecule has 0 unspecified atom stereocenters. The number of unbranched alkanes of at least 4 members (excludes halogenated alkanes) is 3. The molecule has 0 aromatic heterocycles. The van der Waals surface area contributed by atoms with Crippen molar-refractivity contribution >= 4 is 5.78 Å². The average molecular weight is 246 g/mol. The van der Waals surface area contributed by atoms with Gasteiger partial charge in [0.15, 0.2) is 5.78 Å². The number of ketones is 1. The third-order valence-corrected chi connectivity index (χ3v) is 2.80. The summed E-state index contributed by atoms with van der Waals surface area (Å²) in [6.45, 7) is 6.20. The van der Waals surface area contributed by atoms with E-state index in [-0.39, 0.29) is 5.78 Å². The number of Topliss-reactive ketones (excluding diaryl/α,β-unsaturated/α-hetero) is 1. The summed E-state index contributed by atoms with van der Waals surface area (Å²) >= 11 is 0. The lowest BCUT2D eigenvalue weighted by atomic mass is 10.0. The molecule has 0 heterocycles. The molecule has 0 fully saturated rings. The van der Waals surface area contributed by atoms with Crippen molar-refractivity contribution in [2.45, 2.75) is 39.0 Å². The Bertz CT molecular complexity index is 382. The molecule has 0 saturated heterocycles. The van der Waals surface area contributed by atoms with Gasteiger partial charge < -0.3 is 4.74 Å². The molecule has 0 spiro atoms. The Kier molecular flexibility index (Phi) is 6.85. The number of hydrogen-bond acceptors (Lipinski definition) is 2. The summed E-state index contributed by atoms with van der Waals surface area (Å²) in [5.41, 5.74) is 0.711. The van der Waals surface area contributed by atoms with Crippen LogP contribution in [0.4, 0.5) is 0 Å². The summed E-state index contributed by atoms with van der Waals surface area (Å²) < 4.78 is 5.47. The van der Waals surface area contributed by atoms with Crippen LogP contribution >= 0.6 is 0 Å². The molecular weight excluding hydrogens is 224 g/mol. The normalized spacial score (nSPS) is 10.1. The van der Waals surface area contributed by atoms with E-state index in [1.165, 1.54) is 0 Å². The maximum atomic E-state index is 12.1. The van der Waals surface area contributed by atoms with Gasteiger partial charge in [0.05, 0.1) is 12.2 Å². The Morgan fingerprint density at radius 3 is 2.78 bits per heavy atom. The van der Waals surface area contributed by atoms with Gasteiger partial charge in [-0.1, -0.05) is 24.6 Å². The van der Waals surface area contributed by atoms with Crippen molar-refractivity contribution in [1.29, 1.82) is 0 Å². The van der Waals surface area contributed by atoms with E-state index in [4.69, 9.17) is 4.74 Å². The molecule has 0 aliphatic rings. The number of carbonyl (C=O) groups excluding carboxylic acids is 1. The highest BCUT2D eigenvalue weighted by Crippen LogP contribution is 2.20. The number of hydrogen-bond donors (Lipinski definition) is 0. The topological polar surface area (TPSA) is 26.3 Å². The van der Waals surface area contributed by atoms with Crippen molar-refractivity contribution in [2.24, 2.45) is 0 Å². The smallest absolute Gasteiger partial charge is 0.166 e. The summed E-state index contributed by atoms with van der Waals surface area (Å²) in [7, 11) is 0. The van der Waals surface area contributed by atoms with E-state index in [0.29, 0.717) is 24.3 Å². The van der Waals surface area contributed by atoms with Crippen LogP contribution in [0.3, 0.4) is 0 Å². The van der Waals surface area contributed by atoms with E-state index in [9.17, 15) is 4.79 Å². The van der Waals surface area contributed by atoms with Crippen LogP contribution in [0.1, 0.15) is 49.4 Å². The lowest BCUT2D eigenvalue weighted by Crippen LogP contribution is -2.03. The predicted octanol–water partition coefficient (Wildman–Crippen LogP) is 4.40. The molecule has 18 heavy (non-hydrogen) atoms. The average Bonchev–Trinajstić information content (AvgIpc) is 2.39. The monoisotopic (exact) mass is 246 g/mol. The van der Waals surface area contributed by atoms with Crippen molar-refractivity contribution in [3.8, 4) is 5.75 Å². The van der Waals surface area contributed by atoms with Crippen molar-refractivity contribution in [3.63, 3.8) is 0 Å². The molecule has 2 nitrogen and oxygen atoms in total. The van der Waals surface area contributed by atoms with E-state index in [0.717, 1.165) is 25.7 Å². The first kappa shape index (κ1) is 14.5. The zero-order valence-electron chi connectivity index (χ0n) is 11.2. The van der Waals surface area contributed by atoms with Crippen LogP contribution in [-0.4, -0.2) is 12.4 Å². The number of allylic oxidation sites excluding steroid dienone is 1. The minimum Gasteiger partial charge on any atom is -0.493 e. The Hall–Kier alpha value is -1.57. The molecule has 0 radical (unpaired) electrons. The molecule has 98 valence electrons. The largest absolute Gasteiger partial charge is 0.493 e. The minimum absolute atomic E-state index is 0.178. The molecule has 0 saturated carbocycles.